The summed E-state index contributed by atoms with van der Waals surface area (Å²) in [5, 5.41) is 20.2. The van der Waals surface area contributed by atoms with Crippen LogP contribution in [0.2, 0.25) is 0 Å². The molecule has 0 saturated carbocycles. The van der Waals surface area contributed by atoms with Crippen LogP contribution in [-0.2, 0) is 0 Å². The fraction of sp³-hybridized carbons (Fsp3) is 0.0833. The number of hydrogen-bond acceptors (Lipinski definition) is 6. The molecule has 8 nitrogen and oxygen atoms in total. The molecule has 0 aliphatic carbocycles. The monoisotopic (exact) mass is 428 g/mol. The first kappa shape index (κ1) is 19.5. The van der Waals surface area contributed by atoms with E-state index in [4.69, 9.17) is 8.83 Å². The van der Waals surface area contributed by atoms with E-state index < -0.39 is 11.9 Å². The molecule has 0 bridgehead atoms. The molecule has 0 fully saturated rings. The van der Waals surface area contributed by atoms with Gasteiger partial charge < -0.3 is 19.0 Å². The van der Waals surface area contributed by atoms with Crippen LogP contribution < -0.4 is 0 Å². The van der Waals surface area contributed by atoms with E-state index in [2.05, 4.69) is 9.97 Å². The van der Waals surface area contributed by atoms with E-state index in [0.717, 1.165) is 0 Å². The molecule has 5 rings (SSSR count). The van der Waals surface area contributed by atoms with Crippen molar-refractivity contribution in [3.05, 3.63) is 71.2 Å². The van der Waals surface area contributed by atoms with Crippen LogP contribution in [0.1, 0.15) is 32.2 Å². The first-order chi connectivity index (χ1) is 15.3. The third-order valence-corrected chi connectivity index (χ3v) is 5.18. The largest absolute Gasteiger partial charge is 0.478 e. The number of carboxylic acid groups (broad SMARTS) is 2. The van der Waals surface area contributed by atoms with E-state index in [1.807, 2.05) is 0 Å². The molecule has 0 aliphatic rings. The number of rotatable bonds is 4. The maximum Gasteiger partial charge on any atom is 0.336 e. The van der Waals surface area contributed by atoms with Gasteiger partial charge in [-0.2, -0.15) is 0 Å². The van der Waals surface area contributed by atoms with E-state index >= 15 is 0 Å². The Hall–Kier alpha value is -4.46. The van der Waals surface area contributed by atoms with Crippen molar-refractivity contribution in [1.29, 1.82) is 0 Å². The third-order valence-electron chi connectivity index (χ3n) is 5.18. The van der Waals surface area contributed by atoms with E-state index in [-0.39, 0.29) is 11.1 Å². The van der Waals surface area contributed by atoms with Gasteiger partial charge in [0.15, 0.2) is 11.5 Å². The predicted molar refractivity (Wildman–Crippen MR) is 116 cm³/mol. The van der Waals surface area contributed by atoms with Gasteiger partial charge in [-0.3, -0.25) is 0 Å². The summed E-state index contributed by atoms with van der Waals surface area (Å²) in [6, 6.07) is 12.9. The summed E-state index contributed by atoms with van der Waals surface area (Å²) >= 11 is 0. The normalized spacial score (nSPS) is 11.3. The zero-order chi connectivity index (χ0) is 22.6. The lowest BCUT2D eigenvalue weighted by atomic mass is 10.0. The van der Waals surface area contributed by atoms with Crippen LogP contribution in [0.4, 0.5) is 0 Å². The molecule has 4 aromatic heterocycles. The average Bonchev–Trinajstić information content (AvgIpc) is 3.38. The van der Waals surface area contributed by atoms with Gasteiger partial charge in [0, 0.05) is 10.8 Å². The fourth-order valence-electron chi connectivity index (χ4n) is 3.70. The Labute approximate surface area is 180 Å². The molecular formula is C24H16N2O6. The van der Waals surface area contributed by atoms with Crippen LogP contribution in [-0.4, -0.2) is 32.1 Å². The summed E-state index contributed by atoms with van der Waals surface area (Å²) in [6.45, 7) is 3.57. The number of furan rings is 2. The maximum absolute atomic E-state index is 12.0. The molecule has 0 unspecified atom stereocenters. The van der Waals surface area contributed by atoms with Gasteiger partial charge >= 0.3 is 11.9 Å². The molecule has 5 aromatic rings. The Balaban J connectivity index is 1.84. The summed E-state index contributed by atoms with van der Waals surface area (Å²) in [5.74, 6) is -0.105. The predicted octanol–water partition coefficient (Wildman–Crippen LogP) is 5.32. The Morgan fingerprint density at radius 3 is 1.47 bits per heavy atom. The smallest absolute Gasteiger partial charge is 0.336 e. The molecule has 4 heterocycles. The van der Waals surface area contributed by atoms with Crippen molar-refractivity contribution >= 4 is 33.7 Å². The van der Waals surface area contributed by atoms with E-state index in [0.29, 0.717) is 56.2 Å². The highest BCUT2D eigenvalue weighted by molar-refractivity contribution is 6.12. The van der Waals surface area contributed by atoms with Crippen LogP contribution in [0.15, 0.2) is 57.4 Å². The second-order valence-electron chi connectivity index (χ2n) is 7.43. The fourth-order valence-corrected chi connectivity index (χ4v) is 3.70. The van der Waals surface area contributed by atoms with Crippen LogP contribution in [0.3, 0.4) is 0 Å². The molecule has 0 aliphatic heterocycles. The lowest BCUT2D eigenvalue weighted by molar-refractivity contribution is 0.0688. The van der Waals surface area contributed by atoms with Gasteiger partial charge in [-0.25, -0.2) is 19.6 Å². The molecule has 0 amide bonds. The van der Waals surface area contributed by atoms with Crippen molar-refractivity contribution in [3.8, 4) is 22.9 Å². The zero-order valence-corrected chi connectivity index (χ0v) is 17.0. The Kier molecular flexibility index (Phi) is 4.30. The number of benzene rings is 1. The molecular weight excluding hydrogens is 412 g/mol. The number of carbonyl (C=O) groups is 2. The molecule has 0 saturated heterocycles. The molecule has 32 heavy (non-hydrogen) atoms. The summed E-state index contributed by atoms with van der Waals surface area (Å²) in [4.78, 5) is 33.1. The maximum atomic E-state index is 12.0. The van der Waals surface area contributed by atoms with Crippen molar-refractivity contribution in [2.45, 2.75) is 13.8 Å². The summed E-state index contributed by atoms with van der Waals surface area (Å²) in [5.41, 5.74) is 1.42. The molecule has 158 valence electrons. The minimum absolute atomic E-state index is 0.0111. The Morgan fingerprint density at radius 1 is 0.688 bits per heavy atom. The second kappa shape index (κ2) is 7.05. The number of hydrogen-bond donors (Lipinski definition) is 2. The van der Waals surface area contributed by atoms with Gasteiger partial charge in [-0.05, 0) is 62.4 Å². The number of aromatic nitrogens is 2. The second-order valence-corrected chi connectivity index (χ2v) is 7.43. The van der Waals surface area contributed by atoms with Gasteiger partial charge in [-0.1, -0.05) is 0 Å². The summed E-state index contributed by atoms with van der Waals surface area (Å²) < 4.78 is 11.2. The minimum atomic E-state index is -1.16. The quantitative estimate of drug-likeness (QED) is 0.368. The van der Waals surface area contributed by atoms with Crippen molar-refractivity contribution in [3.63, 3.8) is 0 Å². The van der Waals surface area contributed by atoms with Gasteiger partial charge in [-0.15, -0.1) is 0 Å². The summed E-state index contributed by atoms with van der Waals surface area (Å²) in [7, 11) is 0. The number of aryl methyl sites for hydroxylation is 2. The third kappa shape index (κ3) is 3.18. The Morgan fingerprint density at radius 2 is 1.12 bits per heavy atom. The van der Waals surface area contributed by atoms with Gasteiger partial charge in [0.2, 0.25) is 0 Å². The van der Waals surface area contributed by atoms with Crippen LogP contribution in [0, 0.1) is 13.8 Å². The first-order valence-electron chi connectivity index (χ1n) is 9.70. The van der Waals surface area contributed by atoms with E-state index in [9.17, 15) is 19.8 Å². The minimum Gasteiger partial charge on any atom is -0.478 e. The van der Waals surface area contributed by atoms with Gasteiger partial charge in [0.1, 0.15) is 22.9 Å². The van der Waals surface area contributed by atoms with Crippen LogP contribution in [0.25, 0.3) is 44.7 Å². The Bertz CT molecular complexity index is 1450. The number of fused-ring (bicyclic) bond motifs is 2. The number of aromatic carboxylic acids is 2. The van der Waals surface area contributed by atoms with Crippen LogP contribution >= 0.6 is 0 Å². The molecule has 0 radical (unpaired) electrons. The number of carboxylic acids is 2. The van der Waals surface area contributed by atoms with Gasteiger partial charge in [0.05, 0.1) is 22.2 Å². The SMILES string of the molecule is Cc1ccc(-c2cc(C(=O)O)c3cc4c(C(=O)O)cc(-c5ccc(C)o5)nc4cc3n2)o1. The van der Waals surface area contributed by atoms with Gasteiger partial charge in [0.25, 0.3) is 0 Å². The van der Waals surface area contributed by atoms with Crippen molar-refractivity contribution in [1.82, 2.24) is 9.97 Å². The number of pyridine rings is 2. The highest BCUT2D eigenvalue weighted by Gasteiger charge is 2.20. The molecule has 8 heteroatoms. The molecule has 0 spiro atoms. The van der Waals surface area contributed by atoms with E-state index in [1.165, 1.54) is 18.2 Å². The summed E-state index contributed by atoms with van der Waals surface area (Å²) in [6.07, 6.45) is 0. The molecule has 1 aromatic carbocycles. The highest BCUT2D eigenvalue weighted by atomic mass is 16.4. The average molecular weight is 428 g/mol. The molecule has 2 N–H and O–H groups in total. The number of nitrogens with zero attached hydrogens (tertiary/aromatic N) is 2. The molecule has 0 atom stereocenters. The topological polar surface area (TPSA) is 127 Å². The lowest BCUT2D eigenvalue weighted by Gasteiger charge is -2.10. The lowest BCUT2D eigenvalue weighted by Crippen LogP contribution is -2.03. The first-order valence-corrected chi connectivity index (χ1v) is 9.70. The highest BCUT2D eigenvalue weighted by Crippen LogP contribution is 2.32. The van der Waals surface area contributed by atoms with Crippen molar-refractivity contribution < 1.29 is 28.6 Å². The zero-order valence-electron chi connectivity index (χ0n) is 17.0. The van der Waals surface area contributed by atoms with Crippen molar-refractivity contribution in [2.24, 2.45) is 0 Å². The van der Waals surface area contributed by atoms with Crippen molar-refractivity contribution in [2.75, 3.05) is 0 Å². The standard InChI is InChI=1S/C24H16N2O6/c1-11-3-5-21(31-11)19-8-15(23(27)28)13-7-14-16(24(29)30)9-20(22-6-4-12(2)32-22)26-18(14)10-17(13)25-19/h3-10H,1-2H3,(H,27,28)(H,29,30). The van der Waals surface area contributed by atoms with Crippen LogP contribution in [0.5, 0.6) is 0 Å². The van der Waals surface area contributed by atoms with E-state index in [1.54, 1.807) is 44.2 Å².